The molecule has 0 bridgehead atoms. The molecule has 25 heavy (non-hydrogen) atoms. The Bertz CT molecular complexity index is 991. The van der Waals surface area contributed by atoms with Crippen molar-refractivity contribution in [1.82, 2.24) is 4.98 Å². The molecule has 0 aliphatic heterocycles. The fourth-order valence-corrected chi connectivity index (χ4v) is 2.97. The Morgan fingerprint density at radius 2 is 1.96 bits per heavy atom. The third-order valence-electron chi connectivity index (χ3n) is 4.43. The molecule has 1 saturated carbocycles. The van der Waals surface area contributed by atoms with Gasteiger partial charge < -0.3 is 5.32 Å². The first-order valence-corrected chi connectivity index (χ1v) is 8.06. The van der Waals surface area contributed by atoms with Crippen LogP contribution in [0.4, 0.5) is 11.4 Å². The van der Waals surface area contributed by atoms with Crippen molar-refractivity contribution >= 4 is 28.1 Å². The fraction of sp³-hybridized carbons (Fsp3) is 0.158. The number of fused-ring (bicyclic) bond motifs is 1. The van der Waals surface area contributed by atoms with Crippen LogP contribution in [-0.4, -0.2) is 15.8 Å². The molecule has 1 heterocycles. The van der Waals surface area contributed by atoms with E-state index in [2.05, 4.69) is 10.3 Å². The molecule has 0 saturated heterocycles. The molecule has 0 unspecified atom stereocenters. The van der Waals surface area contributed by atoms with Gasteiger partial charge in [-0.05, 0) is 30.4 Å². The van der Waals surface area contributed by atoms with Gasteiger partial charge in [-0.15, -0.1) is 0 Å². The van der Waals surface area contributed by atoms with Crippen molar-refractivity contribution in [2.75, 3.05) is 5.32 Å². The summed E-state index contributed by atoms with van der Waals surface area (Å²) in [6, 6.07) is 12.3. The lowest BCUT2D eigenvalue weighted by Crippen LogP contribution is -2.14. The first-order valence-electron chi connectivity index (χ1n) is 8.06. The topological polar surface area (TPSA) is 85.1 Å². The second kappa shape index (κ2) is 5.98. The Kier molecular flexibility index (Phi) is 3.65. The molecule has 1 fully saturated rings. The highest BCUT2D eigenvalue weighted by atomic mass is 16.6. The van der Waals surface area contributed by atoms with Crippen molar-refractivity contribution in [2.45, 2.75) is 18.8 Å². The third-order valence-corrected chi connectivity index (χ3v) is 4.43. The molecule has 1 aliphatic carbocycles. The molecule has 4 rings (SSSR count). The molecule has 2 aromatic carbocycles. The van der Waals surface area contributed by atoms with Gasteiger partial charge in [0.1, 0.15) is 5.56 Å². The fourth-order valence-electron chi connectivity index (χ4n) is 2.97. The molecule has 1 amide bonds. The largest absolute Gasteiger partial charge is 0.320 e. The van der Waals surface area contributed by atoms with Crippen LogP contribution < -0.4 is 5.32 Å². The smallest absolute Gasteiger partial charge is 0.282 e. The van der Waals surface area contributed by atoms with Gasteiger partial charge in [-0.3, -0.25) is 19.9 Å². The van der Waals surface area contributed by atoms with Gasteiger partial charge in [0.25, 0.3) is 11.6 Å². The van der Waals surface area contributed by atoms with E-state index in [1.165, 1.54) is 6.07 Å². The highest BCUT2D eigenvalue weighted by Gasteiger charge is 2.28. The second-order valence-corrected chi connectivity index (χ2v) is 6.17. The van der Waals surface area contributed by atoms with E-state index in [9.17, 15) is 14.9 Å². The van der Waals surface area contributed by atoms with E-state index in [-0.39, 0.29) is 11.3 Å². The van der Waals surface area contributed by atoms with E-state index < -0.39 is 10.8 Å². The van der Waals surface area contributed by atoms with Crippen molar-refractivity contribution in [1.29, 1.82) is 0 Å². The number of anilines is 1. The maximum absolute atomic E-state index is 12.7. The van der Waals surface area contributed by atoms with Crippen LogP contribution in [-0.2, 0) is 0 Å². The minimum absolute atomic E-state index is 0.0855. The van der Waals surface area contributed by atoms with Crippen LogP contribution in [0, 0.1) is 10.1 Å². The number of nitro benzene ring substituents is 1. The van der Waals surface area contributed by atoms with Crippen LogP contribution >= 0.6 is 0 Å². The number of carbonyl (C=O) groups is 1. The number of pyridine rings is 1. The zero-order valence-corrected chi connectivity index (χ0v) is 13.3. The van der Waals surface area contributed by atoms with Crippen molar-refractivity contribution in [2.24, 2.45) is 0 Å². The summed E-state index contributed by atoms with van der Waals surface area (Å²) in [5, 5.41) is 15.8. The normalized spacial score (nSPS) is 13.6. The van der Waals surface area contributed by atoms with Gasteiger partial charge in [-0.1, -0.05) is 30.3 Å². The summed E-state index contributed by atoms with van der Waals surface area (Å²) >= 11 is 0. The first kappa shape index (κ1) is 15.3. The van der Waals surface area contributed by atoms with Crippen LogP contribution in [0.25, 0.3) is 10.8 Å². The van der Waals surface area contributed by atoms with Crippen molar-refractivity contribution in [3.8, 4) is 0 Å². The number of nitrogens with zero attached hydrogens (tertiary/aromatic N) is 2. The molecular weight excluding hydrogens is 318 g/mol. The lowest BCUT2D eigenvalue weighted by Gasteiger charge is -2.09. The Balaban J connectivity index is 1.73. The van der Waals surface area contributed by atoms with E-state index in [0.29, 0.717) is 11.6 Å². The summed E-state index contributed by atoms with van der Waals surface area (Å²) in [5.41, 5.74) is 1.42. The second-order valence-electron chi connectivity index (χ2n) is 6.17. The maximum Gasteiger partial charge on any atom is 0.282 e. The number of hydrogen-bond donors (Lipinski definition) is 1. The lowest BCUT2D eigenvalue weighted by atomic mass is 10.0. The number of nitro groups is 1. The summed E-state index contributed by atoms with van der Waals surface area (Å²) in [6.07, 6.45) is 5.39. The molecule has 3 aromatic rings. The maximum atomic E-state index is 12.7. The molecule has 0 radical (unpaired) electrons. The minimum atomic E-state index is -0.521. The minimum Gasteiger partial charge on any atom is -0.320 e. The Hall–Kier alpha value is -3.28. The van der Waals surface area contributed by atoms with Crippen LogP contribution in [0.3, 0.4) is 0 Å². The number of amides is 1. The number of benzene rings is 2. The lowest BCUT2D eigenvalue weighted by molar-refractivity contribution is -0.385. The van der Waals surface area contributed by atoms with E-state index >= 15 is 0 Å². The molecule has 6 heteroatoms. The summed E-state index contributed by atoms with van der Waals surface area (Å²) < 4.78 is 0. The number of rotatable bonds is 4. The molecule has 1 aromatic heterocycles. The average molecular weight is 333 g/mol. The molecule has 6 nitrogen and oxygen atoms in total. The zero-order valence-electron chi connectivity index (χ0n) is 13.3. The van der Waals surface area contributed by atoms with E-state index in [0.717, 1.165) is 29.2 Å². The molecule has 1 N–H and O–H groups in total. The summed E-state index contributed by atoms with van der Waals surface area (Å²) in [4.78, 5) is 27.6. The van der Waals surface area contributed by atoms with E-state index in [1.807, 2.05) is 24.3 Å². The average Bonchev–Trinajstić information content (AvgIpc) is 3.46. The zero-order chi connectivity index (χ0) is 17.4. The van der Waals surface area contributed by atoms with E-state index in [1.54, 1.807) is 24.5 Å². The van der Waals surface area contributed by atoms with Gasteiger partial charge in [0, 0.05) is 23.0 Å². The van der Waals surface area contributed by atoms with Crippen LogP contribution in [0.1, 0.15) is 34.7 Å². The van der Waals surface area contributed by atoms with Crippen LogP contribution in [0.5, 0.6) is 0 Å². The molecule has 0 spiro atoms. The highest BCUT2D eigenvalue weighted by molar-refractivity contribution is 6.10. The molecular formula is C19H15N3O3. The summed E-state index contributed by atoms with van der Waals surface area (Å²) in [7, 11) is 0. The van der Waals surface area contributed by atoms with E-state index in [4.69, 9.17) is 0 Å². The SMILES string of the molecule is O=C(Nc1cncc2ccccc12)c1cc(C2CC2)ccc1[N+](=O)[O-]. The summed E-state index contributed by atoms with van der Waals surface area (Å²) in [5.74, 6) is -0.0843. The predicted octanol–water partition coefficient (Wildman–Crippen LogP) is 4.27. The standard InChI is InChI=1S/C19H15N3O3/c23-19(21-17-11-20-10-14-3-1-2-4-15(14)17)16-9-13(12-5-6-12)7-8-18(16)22(24)25/h1-4,7-12H,5-6H2,(H,21,23). The molecule has 0 atom stereocenters. The van der Waals surface area contributed by atoms with Gasteiger partial charge >= 0.3 is 0 Å². The van der Waals surface area contributed by atoms with Crippen LogP contribution in [0.2, 0.25) is 0 Å². The molecule has 1 aliphatic rings. The first-order chi connectivity index (χ1) is 12.1. The number of carbonyl (C=O) groups excluding carboxylic acids is 1. The number of hydrogen-bond acceptors (Lipinski definition) is 4. The van der Waals surface area contributed by atoms with Crippen LogP contribution in [0.15, 0.2) is 54.9 Å². The van der Waals surface area contributed by atoms with Crippen molar-refractivity contribution in [3.63, 3.8) is 0 Å². The monoisotopic (exact) mass is 333 g/mol. The van der Waals surface area contributed by atoms with Gasteiger partial charge in [0.2, 0.25) is 0 Å². The number of aromatic nitrogens is 1. The third kappa shape index (κ3) is 2.94. The Labute approximate surface area is 143 Å². The predicted molar refractivity (Wildman–Crippen MR) is 94.8 cm³/mol. The Morgan fingerprint density at radius 3 is 2.72 bits per heavy atom. The number of nitrogens with one attached hydrogen (secondary N) is 1. The van der Waals surface area contributed by atoms with Gasteiger partial charge in [0.05, 0.1) is 16.8 Å². The van der Waals surface area contributed by atoms with Crippen molar-refractivity contribution in [3.05, 3.63) is 76.1 Å². The van der Waals surface area contributed by atoms with Gasteiger partial charge in [-0.2, -0.15) is 0 Å². The summed E-state index contributed by atoms with van der Waals surface area (Å²) in [6.45, 7) is 0. The van der Waals surface area contributed by atoms with Gasteiger partial charge in [0.15, 0.2) is 0 Å². The van der Waals surface area contributed by atoms with Gasteiger partial charge in [-0.25, -0.2) is 0 Å². The molecule has 124 valence electrons. The highest BCUT2D eigenvalue weighted by Crippen LogP contribution is 2.41. The Morgan fingerprint density at radius 1 is 1.16 bits per heavy atom. The quantitative estimate of drug-likeness (QED) is 0.570. The van der Waals surface area contributed by atoms with Crippen molar-refractivity contribution < 1.29 is 9.72 Å².